The van der Waals surface area contributed by atoms with Crippen molar-refractivity contribution in [3.05, 3.63) is 33.4 Å². The molecule has 2 rings (SSSR count). The van der Waals surface area contributed by atoms with Crippen molar-refractivity contribution in [1.82, 2.24) is 4.98 Å². The van der Waals surface area contributed by atoms with Crippen molar-refractivity contribution in [3.63, 3.8) is 0 Å². The zero-order chi connectivity index (χ0) is 12.6. The molecule has 0 saturated carbocycles. The van der Waals surface area contributed by atoms with Crippen molar-refractivity contribution >= 4 is 39.8 Å². The molecule has 1 heterocycles. The van der Waals surface area contributed by atoms with Crippen LogP contribution in [0, 0.1) is 6.92 Å². The van der Waals surface area contributed by atoms with Crippen molar-refractivity contribution in [1.29, 1.82) is 0 Å². The van der Waals surface area contributed by atoms with Crippen LogP contribution in [-0.4, -0.2) is 4.98 Å². The Hall–Kier alpha value is -1.03. The smallest absolute Gasteiger partial charge is 0.0927 e. The summed E-state index contributed by atoms with van der Waals surface area (Å²) in [6.07, 6.45) is 0.831. The summed E-state index contributed by atoms with van der Waals surface area (Å²) in [7, 11) is 0. The Balaban J connectivity index is 2.98. The number of rotatable bonds is 2. The van der Waals surface area contributed by atoms with Crippen molar-refractivity contribution in [2.75, 3.05) is 5.43 Å². The first kappa shape index (κ1) is 12.4. The number of nitrogens with zero attached hydrogens (tertiary/aromatic N) is 1. The van der Waals surface area contributed by atoms with E-state index in [9.17, 15) is 0 Å². The molecule has 0 unspecified atom stereocenters. The maximum atomic E-state index is 6.20. The maximum Gasteiger partial charge on any atom is 0.0927 e. The van der Waals surface area contributed by atoms with Crippen LogP contribution in [-0.2, 0) is 6.42 Å². The number of aryl methyl sites for hydroxylation is 1. The maximum absolute atomic E-state index is 6.20. The molecule has 0 amide bonds. The highest BCUT2D eigenvalue weighted by atomic mass is 35.5. The third kappa shape index (κ3) is 1.95. The van der Waals surface area contributed by atoms with E-state index < -0.39 is 0 Å². The summed E-state index contributed by atoms with van der Waals surface area (Å²) in [4.78, 5) is 4.50. The number of anilines is 1. The summed E-state index contributed by atoms with van der Waals surface area (Å²) < 4.78 is 0. The van der Waals surface area contributed by atoms with Crippen LogP contribution in [0.3, 0.4) is 0 Å². The monoisotopic (exact) mass is 269 g/mol. The van der Waals surface area contributed by atoms with Gasteiger partial charge >= 0.3 is 0 Å². The molecular weight excluding hydrogens is 257 g/mol. The quantitative estimate of drug-likeness (QED) is 0.646. The van der Waals surface area contributed by atoms with E-state index in [0.29, 0.717) is 15.6 Å². The molecule has 3 N–H and O–H groups in total. The summed E-state index contributed by atoms with van der Waals surface area (Å²) in [6.45, 7) is 3.99. The second-order valence-corrected chi connectivity index (χ2v) is 4.62. The number of hydrogen-bond donors (Lipinski definition) is 2. The first-order chi connectivity index (χ1) is 8.10. The number of benzene rings is 1. The molecule has 0 fully saturated rings. The van der Waals surface area contributed by atoms with Crippen molar-refractivity contribution < 1.29 is 0 Å². The third-order valence-corrected chi connectivity index (χ3v) is 3.46. The van der Waals surface area contributed by atoms with E-state index in [4.69, 9.17) is 29.0 Å². The molecule has 0 bridgehead atoms. The molecule has 0 saturated heterocycles. The largest absolute Gasteiger partial charge is 0.323 e. The number of nitrogens with two attached hydrogens (primary N) is 1. The molecule has 1 aromatic heterocycles. The van der Waals surface area contributed by atoms with Crippen LogP contribution < -0.4 is 11.3 Å². The second kappa shape index (κ2) is 4.69. The van der Waals surface area contributed by atoms with Crippen molar-refractivity contribution in [3.8, 4) is 0 Å². The van der Waals surface area contributed by atoms with Crippen LogP contribution in [0.4, 0.5) is 5.69 Å². The molecular formula is C12H13Cl2N3. The number of nitrogen functional groups attached to an aromatic ring is 1. The second-order valence-electron chi connectivity index (χ2n) is 3.80. The molecule has 0 aliphatic heterocycles. The summed E-state index contributed by atoms with van der Waals surface area (Å²) in [6, 6.07) is 3.49. The Morgan fingerprint density at radius 2 is 1.94 bits per heavy atom. The Labute approximate surface area is 110 Å². The SMILES string of the molecule is CCc1c(C)nc2c(Cl)ccc(Cl)c2c1NN. The van der Waals surface area contributed by atoms with Gasteiger partial charge < -0.3 is 5.43 Å². The van der Waals surface area contributed by atoms with E-state index in [1.807, 2.05) is 6.92 Å². The minimum Gasteiger partial charge on any atom is -0.323 e. The molecule has 3 nitrogen and oxygen atoms in total. The summed E-state index contributed by atoms with van der Waals surface area (Å²) in [5, 5.41) is 1.95. The predicted molar refractivity (Wildman–Crippen MR) is 73.7 cm³/mol. The van der Waals surface area contributed by atoms with Gasteiger partial charge in [-0.25, -0.2) is 0 Å². The van der Waals surface area contributed by atoms with Gasteiger partial charge in [-0.1, -0.05) is 30.1 Å². The van der Waals surface area contributed by atoms with E-state index in [0.717, 1.165) is 28.8 Å². The topological polar surface area (TPSA) is 50.9 Å². The number of fused-ring (bicyclic) bond motifs is 1. The highest BCUT2D eigenvalue weighted by Crippen LogP contribution is 2.36. The summed E-state index contributed by atoms with van der Waals surface area (Å²) in [5.74, 6) is 5.60. The van der Waals surface area contributed by atoms with Gasteiger partial charge in [-0.2, -0.15) is 0 Å². The van der Waals surface area contributed by atoms with Crippen LogP contribution in [0.2, 0.25) is 10.0 Å². The highest BCUT2D eigenvalue weighted by molar-refractivity contribution is 6.40. The van der Waals surface area contributed by atoms with Gasteiger partial charge in [0.05, 0.1) is 21.2 Å². The average molecular weight is 270 g/mol. The van der Waals surface area contributed by atoms with Gasteiger partial charge in [-0.15, -0.1) is 0 Å². The van der Waals surface area contributed by atoms with E-state index >= 15 is 0 Å². The fourth-order valence-electron chi connectivity index (χ4n) is 2.05. The molecule has 0 aliphatic carbocycles. The molecule has 2 aromatic rings. The van der Waals surface area contributed by atoms with Crippen molar-refractivity contribution in [2.24, 2.45) is 5.84 Å². The lowest BCUT2D eigenvalue weighted by molar-refractivity contribution is 1.06. The van der Waals surface area contributed by atoms with Gasteiger partial charge in [0.25, 0.3) is 0 Å². The summed E-state index contributed by atoms with van der Waals surface area (Å²) in [5.41, 5.74) is 6.18. The lowest BCUT2D eigenvalue weighted by atomic mass is 10.0. The van der Waals surface area contributed by atoms with Crippen LogP contribution in [0.1, 0.15) is 18.2 Å². The molecule has 0 atom stereocenters. The van der Waals surface area contributed by atoms with Gasteiger partial charge in [-0.3, -0.25) is 10.8 Å². The molecule has 17 heavy (non-hydrogen) atoms. The van der Waals surface area contributed by atoms with E-state index in [2.05, 4.69) is 17.3 Å². The number of hydrogen-bond acceptors (Lipinski definition) is 3. The van der Waals surface area contributed by atoms with E-state index in [1.54, 1.807) is 12.1 Å². The Kier molecular flexibility index (Phi) is 3.43. The van der Waals surface area contributed by atoms with E-state index in [-0.39, 0.29) is 0 Å². The molecule has 0 spiro atoms. The number of halogens is 2. The van der Waals surface area contributed by atoms with Gasteiger partial charge in [0.1, 0.15) is 0 Å². The Bertz CT molecular complexity index is 582. The third-order valence-electron chi connectivity index (χ3n) is 2.84. The normalized spacial score (nSPS) is 10.9. The van der Waals surface area contributed by atoms with Crippen LogP contribution in [0.5, 0.6) is 0 Å². The molecule has 90 valence electrons. The molecule has 1 aromatic carbocycles. The lowest BCUT2D eigenvalue weighted by Gasteiger charge is -2.15. The zero-order valence-corrected chi connectivity index (χ0v) is 11.2. The van der Waals surface area contributed by atoms with E-state index in [1.165, 1.54) is 0 Å². The highest BCUT2D eigenvalue weighted by Gasteiger charge is 2.15. The predicted octanol–water partition coefficient (Wildman–Crippen LogP) is 3.70. The van der Waals surface area contributed by atoms with Gasteiger partial charge in [0.2, 0.25) is 0 Å². The molecule has 0 radical (unpaired) electrons. The first-order valence-corrected chi connectivity index (χ1v) is 6.09. The van der Waals surface area contributed by atoms with Crippen LogP contribution >= 0.6 is 23.2 Å². The average Bonchev–Trinajstić information content (AvgIpc) is 2.32. The zero-order valence-electron chi connectivity index (χ0n) is 9.64. The van der Waals surface area contributed by atoms with Crippen molar-refractivity contribution in [2.45, 2.75) is 20.3 Å². The standard InChI is InChI=1S/C12H13Cl2N3/c1-3-7-6(2)16-12-9(14)5-4-8(13)10(12)11(7)17-15/h4-5H,3,15H2,1-2H3,(H,16,17). The lowest BCUT2D eigenvalue weighted by Crippen LogP contribution is -2.11. The fraction of sp³-hybridized carbons (Fsp3) is 0.250. The number of pyridine rings is 1. The van der Waals surface area contributed by atoms with Crippen LogP contribution in [0.15, 0.2) is 12.1 Å². The minimum absolute atomic E-state index is 0.576. The van der Waals surface area contributed by atoms with Gasteiger partial charge in [0, 0.05) is 11.1 Å². The fourth-order valence-corrected chi connectivity index (χ4v) is 2.49. The Morgan fingerprint density at radius 3 is 2.53 bits per heavy atom. The number of nitrogens with one attached hydrogen (secondary N) is 1. The van der Waals surface area contributed by atoms with Gasteiger partial charge in [0.15, 0.2) is 0 Å². The summed E-state index contributed by atoms with van der Waals surface area (Å²) >= 11 is 12.3. The minimum atomic E-state index is 0.576. The van der Waals surface area contributed by atoms with Gasteiger partial charge in [-0.05, 0) is 31.0 Å². The number of hydrazine groups is 1. The Morgan fingerprint density at radius 1 is 1.29 bits per heavy atom. The van der Waals surface area contributed by atoms with Crippen LogP contribution in [0.25, 0.3) is 10.9 Å². The first-order valence-electron chi connectivity index (χ1n) is 5.34. The number of aromatic nitrogens is 1. The molecule has 0 aliphatic rings. The molecule has 5 heteroatoms.